The highest BCUT2D eigenvalue weighted by Gasteiger charge is 2.32. The number of carbonyl (C=O) groups is 2. The number of hydrogen-bond acceptors (Lipinski definition) is 2. The van der Waals surface area contributed by atoms with E-state index in [0.717, 1.165) is 16.7 Å². The molecule has 0 heterocycles. The Balaban J connectivity index is 2.06. The normalized spacial score (nSPS) is 12.7. The van der Waals surface area contributed by atoms with Crippen LogP contribution in [0.2, 0.25) is 0 Å². The van der Waals surface area contributed by atoms with Crippen LogP contribution in [0.3, 0.4) is 0 Å². The van der Waals surface area contributed by atoms with Crippen LogP contribution in [-0.4, -0.2) is 11.6 Å². The zero-order valence-electron chi connectivity index (χ0n) is 12.7. The van der Waals surface area contributed by atoms with Crippen LogP contribution in [-0.2, 0) is 0 Å². The molecular formula is C21H14O2. The van der Waals surface area contributed by atoms with Gasteiger partial charge in [0.05, 0.1) is 0 Å². The van der Waals surface area contributed by atoms with Crippen molar-refractivity contribution < 1.29 is 9.59 Å². The summed E-state index contributed by atoms with van der Waals surface area (Å²) < 4.78 is 0. The van der Waals surface area contributed by atoms with Crippen molar-refractivity contribution in [3.63, 3.8) is 0 Å². The van der Waals surface area contributed by atoms with Gasteiger partial charge in [-0.1, -0.05) is 60.7 Å². The van der Waals surface area contributed by atoms with Gasteiger partial charge >= 0.3 is 0 Å². The summed E-state index contributed by atoms with van der Waals surface area (Å²) in [6.45, 7) is 1.97. The summed E-state index contributed by atoms with van der Waals surface area (Å²) in [4.78, 5) is 25.8. The van der Waals surface area contributed by atoms with Gasteiger partial charge in [-0.25, -0.2) is 0 Å². The fourth-order valence-corrected chi connectivity index (χ4v) is 3.27. The summed E-state index contributed by atoms with van der Waals surface area (Å²) >= 11 is 0. The third-order valence-electron chi connectivity index (χ3n) is 4.36. The van der Waals surface area contributed by atoms with Crippen molar-refractivity contribution in [3.05, 3.63) is 94.5 Å². The van der Waals surface area contributed by atoms with Gasteiger partial charge < -0.3 is 0 Å². The van der Waals surface area contributed by atoms with Crippen molar-refractivity contribution in [2.24, 2.45) is 0 Å². The van der Waals surface area contributed by atoms with E-state index in [0.29, 0.717) is 22.3 Å². The van der Waals surface area contributed by atoms with Crippen LogP contribution in [0.25, 0.3) is 11.1 Å². The summed E-state index contributed by atoms with van der Waals surface area (Å²) in [5, 5.41) is 0. The van der Waals surface area contributed by atoms with E-state index < -0.39 is 0 Å². The average molecular weight is 298 g/mol. The van der Waals surface area contributed by atoms with E-state index in [1.54, 1.807) is 30.3 Å². The van der Waals surface area contributed by atoms with Gasteiger partial charge in [0.1, 0.15) is 0 Å². The van der Waals surface area contributed by atoms with E-state index in [1.165, 1.54) is 0 Å². The number of rotatable bonds is 1. The molecule has 1 aliphatic carbocycles. The molecule has 4 rings (SSSR count). The Morgan fingerprint density at radius 1 is 0.565 bits per heavy atom. The first-order chi connectivity index (χ1) is 11.2. The van der Waals surface area contributed by atoms with Crippen molar-refractivity contribution >= 4 is 11.6 Å². The van der Waals surface area contributed by atoms with Gasteiger partial charge in [0.15, 0.2) is 11.6 Å². The van der Waals surface area contributed by atoms with Crippen LogP contribution in [0.1, 0.15) is 37.4 Å². The lowest BCUT2D eigenvalue weighted by Crippen LogP contribution is -2.22. The molecule has 1 aliphatic rings. The Morgan fingerprint density at radius 3 is 1.87 bits per heavy atom. The van der Waals surface area contributed by atoms with Crippen LogP contribution in [0.15, 0.2) is 66.7 Å². The van der Waals surface area contributed by atoms with E-state index in [1.807, 2.05) is 43.3 Å². The van der Waals surface area contributed by atoms with Gasteiger partial charge in [-0.2, -0.15) is 0 Å². The second kappa shape index (κ2) is 5.03. The van der Waals surface area contributed by atoms with Gasteiger partial charge in [0.2, 0.25) is 0 Å². The maximum absolute atomic E-state index is 13.0. The molecule has 0 unspecified atom stereocenters. The van der Waals surface area contributed by atoms with Crippen molar-refractivity contribution in [1.29, 1.82) is 0 Å². The Morgan fingerprint density at radius 2 is 1.17 bits per heavy atom. The maximum atomic E-state index is 13.0. The Hall–Kier alpha value is -3.00. The predicted molar refractivity (Wildman–Crippen MR) is 89.9 cm³/mol. The van der Waals surface area contributed by atoms with Gasteiger partial charge in [-0.3, -0.25) is 9.59 Å². The first-order valence-electron chi connectivity index (χ1n) is 7.56. The number of carbonyl (C=O) groups excluding carboxylic acids is 2. The van der Waals surface area contributed by atoms with E-state index in [2.05, 4.69) is 0 Å². The number of aryl methyl sites for hydroxylation is 1. The number of fused-ring (bicyclic) bond motifs is 2. The average Bonchev–Trinajstić information content (AvgIpc) is 2.60. The predicted octanol–water partition coefficient (Wildman–Crippen LogP) is 4.44. The topological polar surface area (TPSA) is 34.1 Å². The minimum Gasteiger partial charge on any atom is -0.289 e. The molecule has 0 atom stereocenters. The summed E-state index contributed by atoms with van der Waals surface area (Å²) in [7, 11) is 0. The largest absolute Gasteiger partial charge is 0.289 e. The zero-order chi connectivity index (χ0) is 16.0. The highest BCUT2D eigenvalue weighted by molar-refractivity contribution is 6.30. The van der Waals surface area contributed by atoms with Crippen molar-refractivity contribution in [3.8, 4) is 11.1 Å². The quantitative estimate of drug-likeness (QED) is 0.520. The molecule has 0 fully saturated rings. The Bertz CT molecular complexity index is 953. The molecule has 0 N–H and O–H groups in total. The van der Waals surface area contributed by atoms with E-state index in [-0.39, 0.29) is 11.6 Å². The molecule has 0 saturated heterocycles. The van der Waals surface area contributed by atoms with Gasteiger partial charge in [-0.05, 0) is 29.7 Å². The lowest BCUT2D eigenvalue weighted by Gasteiger charge is -2.21. The Labute approximate surface area is 134 Å². The molecule has 23 heavy (non-hydrogen) atoms. The van der Waals surface area contributed by atoms with Crippen LogP contribution in [0.5, 0.6) is 0 Å². The first kappa shape index (κ1) is 13.6. The third kappa shape index (κ3) is 1.95. The summed E-state index contributed by atoms with van der Waals surface area (Å²) in [6.07, 6.45) is 0. The van der Waals surface area contributed by atoms with E-state index in [4.69, 9.17) is 0 Å². The molecule has 110 valence electrons. The molecule has 0 aliphatic heterocycles. The fraction of sp³-hybridized carbons (Fsp3) is 0.0476. The summed E-state index contributed by atoms with van der Waals surface area (Å²) in [5.74, 6) is -0.148. The molecule has 0 aromatic heterocycles. The standard InChI is InChI=1S/C21H14O2/c1-13-11-12-17-19(18(13)14-7-3-2-4-8-14)21(23)16-10-6-5-9-15(16)20(17)22/h2-12H,1H3. The summed E-state index contributed by atoms with van der Waals surface area (Å²) in [5.41, 5.74) is 4.83. The lowest BCUT2D eigenvalue weighted by atomic mass is 9.79. The lowest BCUT2D eigenvalue weighted by molar-refractivity contribution is 0.0979. The zero-order valence-corrected chi connectivity index (χ0v) is 12.7. The van der Waals surface area contributed by atoms with Crippen molar-refractivity contribution in [2.45, 2.75) is 6.92 Å². The van der Waals surface area contributed by atoms with E-state index >= 15 is 0 Å². The molecule has 2 nitrogen and oxygen atoms in total. The third-order valence-corrected chi connectivity index (χ3v) is 4.36. The Kier molecular flexibility index (Phi) is 2.98. The van der Waals surface area contributed by atoms with Gasteiger partial charge in [0.25, 0.3) is 0 Å². The molecule has 0 spiro atoms. The maximum Gasteiger partial charge on any atom is 0.195 e. The molecule has 0 amide bonds. The minimum atomic E-state index is -0.0765. The van der Waals surface area contributed by atoms with Crippen LogP contribution in [0.4, 0.5) is 0 Å². The minimum absolute atomic E-state index is 0.0715. The molecule has 3 aromatic rings. The van der Waals surface area contributed by atoms with Crippen molar-refractivity contribution in [2.75, 3.05) is 0 Å². The first-order valence-corrected chi connectivity index (χ1v) is 7.56. The number of benzene rings is 3. The summed E-state index contributed by atoms with van der Waals surface area (Å²) in [6, 6.07) is 20.5. The second-order valence-corrected chi connectivity index (χ2v) is 5.75. The van der Waals surface area contributed by atoms with Crippen LogP contribution < -0.4 is 0 Å². The molecule has 2 heteroatoms. The molecule has 3 aromatic carbocycles. The highest BCUT2D eigenvalue weighted by atomic mass is 16.1. The SMILES string of the molecule is Cc1ccc2c(c1-c1ccccc1)C(=O)c1ccccc1C2=O. The van der Waals surface area contributed by atoms with Crippen molar-refractivity contribution in [1.82, 2.24) is 0 Å². The number of hydrogen-bond donors (Lipinski definition) is 0. The molecule has 0 saturated carbocycles. The molecule has 0 radical (unpaired) electrons. The van der Waals surface area contributed by atoms with E-state index in [9.17, 15) is 9.59 Å². The fourth-order valence-electron chi connectivity index (χ4n) is 3.27. The van der Waals surface area contributed by atoms with Gasteiger partial charge in [-0.15, -0.1) is 0 Å². The second-order valence-electron chi connectivity index (χ2n) is 5.75. The molecule has 0 bridgehead atoms. The molecular weight excluding hydrogens is 284 g/mol. The number of ketones is 2. The smallest absolute Gasteiger partial charge is 0.195 e. The highest BCUT2D eigenvalue weighted by Crippen LogP contribution is 2.36. The van der Waals surface area contributed by atoms with Gasteiger partial charge in [0, 0.05) is 22.3 Å². The van der Waals surface area contributed by atoms with Crippen LogP contribution >= 0.6 is 0 Å². The monoisotopic (exact) mass is 298 g/mol. The van der Waals surface area contributed by atoms with Crippen LogP contribution in [0, 0.1) is 6.92 Å².